The van der Waals surface area contributed by atoms with Crippen LogP contribution in [0.2, 0.25) is 0 Å². The molecule has 13 heavy (non-hydrogen) atoms. The molecule has 3 unspecified atom stereocenters. The first-order chi connectivity index (χ1) is 5.93. The molecule has 0 amide bonds. The lowest BCUT2D eigenvalue weighted by Gasteiger charge is -2.35. The Morgan fingerprint density at radius 3 is 2.15 bits per heavy atom. The lowest BCUT2D eigenvalue weighted by molar-refractivity contribution is -0.197. The van der Waals surface area contributed by atoms with Gasteiger partial charge in [-0.1, -0.05) is 12.8 Å². The molecule has 78 valence electrons. The molecule has 0 aliphatic heterocycles. The van der Waals surface area contributed by atoms with Gasteiger partial charge in [-0.15, -0.1) is 0 Å². The zero-order valence-electron chi connectivity index (χ0n) is 7.77. The molecule has 3 atom stereocenters. The monoisotopic (exact) mass is 195 g/mol. The second-order valence-corrected chi connectivity index (χ2v) is 3.96. The number of alkyl halides is 3. The number of hydrogen-bond donors (Lipinski definition) is 1. The molecule has 0 radical (unpaired) electrons. The summed E-state index contributed by atoms with van der Waals surface area (Å²) in [4.78, 5) is 0. The third-order valence-corrected chi connectivity index (χ3v) is 2.92. The van der Waals surface area contributed by atoms with Gasteiger partial charge in [-0.05, 0) is 25.7 Å². The average Bonchev–Trinajstić information content (AvgIpc) is 2.03. The van der Waals surface area contributed by atoms with Gasteiger partial charge in [0, 0.05) is 6.04 Å². The van der Waals surface area contributed by atoms with Crippen LogP contribution in [-0.4, -0.2) is 12.2 Å². The van der Waals surface area contributed by atoms with Crippen molar-refractivity contribution in [3.05, 3.63) is 0 Å². The van der Waals surface area contributed by atoms with E-state index in [1.54, 1.807) is 6.92 Å². The third kappa shape index (κ3) is 2.59. The molecule has 0 saturated heterocycles. The molecule has 1 aliphatic rings. The van der Waals surface area contributed by atoms with Crippen LogP contribution in [0.1, 0.15) is 32.6 Å². The van der Waals surface area contributed by atoms with Gasteiger partial charge in [-0.3, -0.25) is 0 Å². The summed E-state index contributed by atoms with van der Waals surface area (Å²) in [7, 11) is 0. The van der Waals surface area contributed by atoms with Crippen molar-refractivity contribution in [2.45, 2.75) is 44.8 Å². The Balaban J connectivity index is 2.67. The van der Waals surface area contributed by atoms with Crippen LogP contribution in [0.25, 0.3) is 0 Å². The Morgan fingerprint density at radius 1 is 1.23 bits per heavy atom. The molecule has 0 aromatic rings. The average molecular weight is 195 g/mol. The minimum atomic E-state index is -4.06. The van der Waals surface area contributed by atoms with Gasteiger partial charge in [0.15, 0.2) is 0 Å². The Bertz CT molecular complexity index is 165. The molecule has 0 aromatic carbocycles. The molecular weight excluding hydrogens is 179 g/mol. The van der Waals surface area contributed by atoms with Gasteiger partial charge in [-0.2, -0.15) is 13.2 Å². The summed E-state index contributed by atoms with van der Waals surface area (Å²) in [5.41, 5.74) is 5.55. The van der Waals surface area contributed by atoms with Gasteiger partial charge in [0.05, 0.1) is 5.92 Å². The Morgan fingerprint density at radius 2 is 1.77 bits per heavy atom. The Labute approximate surface area is 76.5 Å². The normalized spacial score (nSPS) is 33.0. The van der Waals surface area contributed by atoms with E-state index >= 15 is 0 Å². The summed E-state index contributed by atoms with van der Waals surface area (Å²) in [6, 6.07) is -0.341. The second-order valence-electron chi connectivity index (χ2n) is 3.96. The van der Waals surface area contributed by atoms with E-state index < -0.39 is 12.1 Å². The minimum absolute atomic E-state index is 0.260. The lowest BCUT2D eigenvalue weighted by atomic mass is 9.75. The maximum atomic E-state index is 12.5. The van der Waals surface area contributed by atoms with Crippen LogP contribution in [0.3, 0.4) is 0 Å². The van der Waals surface area contributed by atoms with Gasteiger partial charge in [0.1, 0.15) is 0 Å². The van der Waals surface area contributed by atoms with Gasteiger partial charge in [-0.25, -0.2) is 0 Å². The first-order valence-corrected chi connectivity index (χ1v) is 4.75. The highest BCUT2D eigenvalue weighted by Gasteiger charge is 2.46. The number of rotatable bonds is 1. The van der Waals surface area contributed by atoms with Gasteiger partial charge < -0.3 is 5.73 Å². The molecule has 0 bridgehead atoms. The van der Waals surface area contributed by atoms with Crippen LogP contribution in [0.5, 0.6) is 0 Å². The molecular formula is C9H16F3N. The summed E-state index contributed by atoms with van der Waals surface area (Å²) in [5, 5.41) is 0. The fourth-order valence-corrected chi connectivity index (χ4v) is 2.20. The SMILES string of the molecule is CC(N)C1CCCCC1C(F)(F)F. The van der Waals surface area contributed by atoms with Crippen molar-refractivity contribution in [2.75, 3.05) is 0 Å². The van der Waals surface area contributed by atoms with E-state index in [1.165, 1.54) is 0 Å². The van der Waals surface area contributed by atoms with Crippen molar-refractivity contribution in [1.82, 2.24) is 0 Å². The largest absolute Gasteiger partial charge is 0.392 e. The molecule has 1 rings (SSSR count). The van der Waals surface area contributed by atoms with E-state index in [9.17, 15) is 13.2 Å². The summed E-state index contributed by atoms with van der Waals surface area (Å²) in [6.45, 7) is 1.68. The summed E-state index contributed by atoms with van der Waals surface area (Å²) in [5.74, 6) is -1.53. The van der Waals surface area contributed by atoms with Crippen molar-refractivity contribution in [2.24, 2.45) is 17.6 Å². The van der Waals surface area contributed by atoms with Gasteiger partial charge >= 0.3 is 6.18 Å². The molecule has 0 aromatic heterocycles. The zero-order chi connectivity index (χ0) is 10.1. The minimum Gasteiger partial charge on any atom is -0.328 e. The standard InChI is InChI=1S/C9H16F3N/c1-6(13)7-4-2-3-5-8(7)9(10,11)12/h6-8H,2-5,13H2,1H3. The van der Waals surface area contributed by atoms with Gasteiger partial charge in [0.25, 0.3) is 0 Å². The van der Waals surface area contributed by atoms with Crippen LogP contribution in [-0.2, 0) is 0 Å². The predicted molar refractivity (Wildman–Crippen MR) is 45.2 cm³/mol. The van der Waals surface area contributed by atoms with E-state index in [0.29, 0.717) is 12.8 Å². The lowest BCUT2D eigenvalue weighted by Crippen LogP contribution is -2.41. The highest BCUT2D eigenvalue weighted by atomic mass is 19.4. The fraction of sp³-hybridized carbons (Fsp3) is 1.00. The van der Waals surface area contributed by atoms with Crippen LogP contribution >= 0.6 is 0 Å². The van der Waals surface area contributed by atoms with Crippen LogP contribution in [0, 0.1) is 11.8 Å². The molecule has 1 nitrogen and oxygen atoms in total. The van der Waals surface area contributed by atoms with Gasteiger partial charge in [0.2, 0.25) is 0 Å². The summed E-state index contributed by atoms with van der Waals surface area (Å²) >= 11 is 0. The van der Waals surface area contributed by atoms with Crippen molar-refractivity contribution in [3.8, 4) is 0 Å². The van der Waals surface area contributed by atoms with Crippen molar-refractivity contribution in [3.63, 3.8) is 0 Å². The Kier molecular flexibility index (Phi) is 3.22. The molecule has 1 saturated carbocycles. The zero-order valence-corrected chi connectivity index (χ0v) is 7.77. The van der Waals surface area contributed by atoms with Crippen molar-refractivity contribution < 1.29 is 13.2 Å². The molecule has 4 heteroatoms. The smallest absolute Gasteiger partial charge is 0.328 e. The highest BCUT2D eigenvalue weighted by molar-refractivity contribution is 4.84. The maximum absolute atomic E-state index is 12.5. The van der Waals surface area contributed by atoms with E-state index in [-0.39, 0.29) is 18.4 Å². The number of nitrogens with two attached hydrogens (primary N) is 1. The van der Waals surface area contributed by atoms with Crippen LogP contribution in [0.15, 0.2) is 0 Å². The van der Waals surface area contributed by atoms with Crippen molar-refractivity contribution >= 4 is 0 Å². The van der Waals surface area contributed by atoms with E-state index in [0.717, 1.165) is 6.42 Å². The summed E-state index contributed by atoms with van der Waals surface area (Å²) in [6.07, 6.45) is -1.59. The van der Waals surface area contributed by atoms with E-state index in [2.05, 4.69) is 0 Å². The molecule has 1 aliphatic carbocycles. The first-order valence-electron chi connectivity index (χ1n) is 4.75. The molecule has 0 heterocycles. The van der Waals surface area contributed by atoms with E-state index in [4.69, 9.17) is 5.73 Å². The van der Waals surface area contributed by atoms with Crippen molar-refractivity contribution in [1.29, 1.82) is 0 Å². The molecule has 2 N–H and O–H groups in total. The molecule has 1 fully saturated rings. The third-order valence-electron chi connectivity index (χ3n) is 2.92. The van der Waals surface area contributed by atoms with Crippen LogP contribution < -0.4 is 5.73 Å². The number of hydrogen-bond acceptors (Lipinski definition) is 1. The molecule has 0 spiro atoms. The summed E-state index contributed by atoms with van der Waals surface area (Å²) < 4.78 is 37.5. The quantitative estimate of drug-likeness (QED) is 0.684. The Hall–Kier alpha value is -0.250. The van der Waals surface area contributed by atoms with Crippen LogP contribution in [0.4, 0.5) is 13.2 Å². The second kappa shape index (κ2) is 3.86. The highest BCUT2D eigenvalue weighted by Crippen LogP contribution is 2.42. The maximum Gasteiger partial charge on any atom is 0.392 e. The van der Waals surface area contributed by atoms with E-state index in [1.807, 2.05) is 0 Å². The first kappa shape index (κ1) is 10.8. The topological polar surface area (TPSA) is 26.0 Å². The number of halogens is 3. The fourth-order valence-electron chi connectivity index (χ4n) is 2.20. The predicted octanol–water partition coefficient (Wildman–Crippen LogP) is 2.70.